The molecule has 0 spiro atoms. The molecule has 15 heavy (non-hydrogen) atoms. The van der Waals surface area contributed by atoms with Crippen LogP contribution < -0.4 is 18.9 Å². The Morgan fingerprint density at radius 1 is 0.800 bits per heavy atom. The monoisotopic (exact) mass is 250 g/mol. The molecule has 0 aromatic carbocycles. The number of hydrogen-bond acceptors (Lipinski definition) is 0. The van der Waals surface area contributed by atoms with Crippen LogP contribution in [0.25, 0.3) is 0 Å². The molecule has 0 unspecified atom stereocenters. The maximum Gasteiger partial charge on any atom is 1.00 e. The molecule has 0 aliphatic carbocycles. The first-order chi connectivity index (χ1) is 5.93. The average molecular weight is 251 g/mol. The van der Waals surface area contributed by atoms with E-state index in [2.05, 4.69) is 64.7 Å². The molecule has 0 fully saturated rings. The molecule has 0 amide bonds. The van der Waals surface area contributed by atoms with Gasteiger partial charge in [-0.2, -0.15) is 0 Å². The fraction of sp³-hybridized carbons (Fsp3) is 0.727. The van der Waals surface area contributed by atoms with E-state index in [9.17, 15) is 0 Å². The van der Waals surface area contributed by atoms with Crippen LogP contribution in [0.4, 0.5) is 0 Å². The second-order valence-corrected chi connectivity index (χ2v) is 22.7. The third kappa shape index (κ3) is 5.23. The summed E-state index contributed by atoms with van der Waals surface area (Å²) < 4.78 is 0. The summed E-state index contributed by atoms with van der Waals surface area (Å²) in [5, 5.41) is 0. The summed E-state index contributed by atoms with van der Waals surface area (Å²) in [6, 6.07) is 0. The molecule has 0 aromatic heterocycles. The van der Waals surface area contributed by atoms with Crippen LogP contribution in [0.1, 0.15) is 0 Å². The van der Waals surface area contributed by atoms with Crippen LogP contribution in [-0.4, -0.2) is 24.2 Å². The molecule has 0 aliphatic rings. The molecule has 0 atom stereocenters. The molecule has 0 bridgehead atoms. The zero-order valence-corrected chi connectivity index (χ0v) is 15.3. The number of rotatable bonds is 4. The largest absolute Gasteiger partial charge is 1.00 e. The quantitative estimate of drug-likeness (QED) is 0.521. The van der Waals surface area contributed by atoms with Gasteiger partial charge in [-0.15, -0.1) is 28.4 Å². The maximum absolute atomic E-state index is 4.07. The van der Waals surface area contributed by atoms with Crippen molar-refractivity contribution < 1.29 is 18.9 Å². The Labute approximate surface area is 112 Å². The van der Waals surface area contributed by atoms with Crippen LogP contribution in [0.3, 0.4) is 0 Å². The normalized spacial score (nSPS) is 13.7. The first-order valence-electron chi connectivity index (χ1n) is 5.45. The van der Waals surface area contributed by atoms with Crippen molar-refractivity contribution in [2.24, 2.45) is 0 Å². The van der Waals surface area contributed by atoms with Crippen LogP contribution in [0, 0.1) is 4.79 Å². The SMILES string of the molecule is C=C[Si](C)(C)[C-]([Si](C)(C)C)[Si](C)(C)C.[Li+]. The van der Waals surface area contributed by atoms with Gasteiger partial charge in [0.15, 0.2) is 0 Å². The van der Waals surface area contributed by atoms with Gasteiger partial charge in [0.2, 0.25) is 0 Å². The molecule has 0 rings (SSSR count). The molecule has 0 saturated carbocycles. The summed E-state index contributed by atoms with van der Waals surface area (Å²) in [7, 11) is -3.49. The Balaban J connectivity index is 0. The molecule has 0 heterocycles. The number of hydrogen-bond donors (Lipinski definition) is 0. The molecular formula is C11H27LiSi3. The van der Waals surface area contributed by atoms with Crippen molar-refractivity contribution >= 4 is 24.2 Å². The van der Waals surface area contributed by atoms with Crippen molar-refractivity contribution in [2.75, 3.05) is 0 Å². The Bertz CT molecular complexity index is 197. The summed E-state index contributed by atoms with van der Waals surface area (Å²) in [4.78, 5) is 1.98. The van der Waals surface area contributed by atoms with Gasteiger partial charge in [-0.05, 0) is 0 Å². The average Bonchev–Trinajstić information content (AvgIpc) is 1.79. The summed E-state index contributed by atoms with van der Waals surface area (Å²) in [5.74, 6) is 0. The topological polar surface area (TPSA) is 0 Å². The summed E-state index contributed by atoms with van der Waals surface area (Å²) in [6.07, 6.45) is 0. The van der Waals surface area contributed by atoms with Crippen molar-refractivity contribution in [3.63, 3.8) is 0 Å². The van der Waals surface area contributed by atoms with Crippen molar-refractivity contribution in [1.29, 1.82) is 0 Å². The molecule has 0 N–H and O–H groups in total. The van der Waals surface area contributed by atoms with E-state index < -0.39 is 24.2 Å². The van der Waals surface area contributed by atoms with Gasteiger partial charge in [-0.3, -0.25) is 0 Å². The van der Waals surface area contributed by atoms with E-state index in [0.29, 0.717) is 0 Å². The zero-order chi connectivity index (χ0) is 11.8. The predicted molar refractivity (Wildman–Crippen MR) is 77.6 cm³/mol. The van der Waals surface area contributed by atoms with E-state index in [4.69, 9.17) is 0 Å². The maximum atomic E-state index is 4.07. The second-order valence-electron chi connectivity index (χ2n) is 6.80. The minimum Gasteiger partial charge on any atom is -0.307 e. The standard InChI is InChI=1S/C11H27Si3.Li/c1-10-14(8,9)11(12(2,3)4)13(5,6)7;/h10H,1H2,2-9H3;/q-1;+1. The molecule has 0 saturated heterocycles. The molecule has 84 valence electrons. The van der Waals surface area contributed by atoms with Gasteiger partial charge in [0.05, 0.1) is 0 Å². The van der Waals surface area contributed by atoms with Crippen molar-refractivity contribution in [3.05, 3.63) is 17.1 Å². The van der Waals surface area contributed by atoms with Crippen molar-refractivity contribution in [3.8, 4) is 0 Å². The van der Waals surface area contributed by atoms with Gasteiger partial charge in [0.1, 0.15) is 0 Å². The van der Waals surface area contributed by atoms with Gasteiger partial charge in [-0.25, -0.2) is 0 Å². The third-order valence-corrected chi connectivity index (χ3v) is 20.8. The Hall–Kier alpha value is 0.988. The van der Waals surface area contributed by atoms with Crippen LogP contribution in [-0.2, 0) is 0 Å². The first-order valence-corrected chi connectivity index (χ1v) is 15.5. The van der Waals surface area contributed by atoms with Gasteiger partial charge in [-0.1, -0.05) is 60.4 Å². The Kier molecular flexibility index (Phi) is 6.79. The molecule has 4 heteroatoms. The van der Waals surface area contributed by atoms with E-state index in [1.165, 1.54) is 0 Å². The minimum absolute atomic E-state index is 0. The Morgan fingerprint density at radius 3 is 1.13 bits per heavy atom. The summed E-state index contributed by atoms with van der Waals surface area (Å²) >= 11 is 0. The zero-order valence-electron chi connectivity index (χ0n) is 12.3. The van der Waals surface area contributed by atoms with E-state index in [1.807, 2.05) is 4.79 Å². The predicted octanol–water partition coefficient (Wildman–Crippen LogP) is 1.29. The Morgan fingerprint density at radius 2 is 1.07 bits per heavy atom. The molecule has 0 aliphatic heterocycles. The van der Waals surface area contributed by atoms with E-state index in [0.717, 1.165) is 0 Å². The van der Waals surface area contributed by atoms with Gasteiger partial charge >= 0.3 is 18.9 Å². The summed E-state index contributed by atoms with van der Waals surface area (Å²) in [5.41, 5.74) is 2.28. The van der Waals surface area contributed by atoms with Crippen LogP contribution in [0.5, 0.6) is 0 Å². The summed E-state index contributed by atoms with van der Waals surface area (Å²) in [6.45, 7) is 24.0. The minimum atomic E-state index is -1.27. The van der Waals surface area contributed by atoms with E-state index >= 15 is 0 Å². The van der Waals surface area contributed by atoms with Crippen molar-refractivity contribution in [2.45, 2.75) is 52.4 Å². The fourth-order valence-corrected chi connectivity index (χ4v) is 28.4. The van der Waals surface area contributed by atoms with Gasteiger partial charge < -0.3 is 4.79 Å². The van der Waals surface area contributed by atoms with Gasteiger partial charge in [0, 0.05) is 0 Å². The van der Waals surface area contributed by atoms with Crippen LogP contribution >= 0.6 is 0 Å². The first kappa shape index (κ1) is 18.4. The molecular weight excluding hydrogens is 223 g/mol. The fourth-order valence-electron chi connectivity index (χ4n) is 3.16. The van der Waals surface area contributed by atoms with E-state index in [1.54, 1.807) is 0 Å². The molecule has 0 radical (unpaired) electrons. The molecule has 0 nitrogen and oxygen atoms in total. The van der Waals surface area contributed by atoms with Crippen LogP contribution in [0.2, 0.25) is 52.4 Å². The van der Waals surface area contributed by atoms with E-state index in [-0.39, 0.29) is 18.9 Å². The van der Waals surface area contributed by atoms with Gasteiger partial charge in [0.25, 0.3) is 0 Å². The van der Waals surface area contributed by atoms with Crippen LogP contribution in [0.15, 0.2) is 12.3 Å². The van der Waals surface area contributed by atoms with Crippen molar-refractivity contribution in [1.82, 2.24) is 0 Å². The smallest absolute Gasteiger partial charge is 0.307 e. The third-order valence-electron chi connectivity index (χ3n) is 2.65. The molecule has 0 aromatic rings. The second kappa shape index (κ2) is 5.55.